The molecular formula is C7H11N2OP. The first kappa shape index (κ1) is 8.64. The van der Waals surface area contributed by atoms with Gasteiger partial charge in [0, 0.05) is 6.54 Å². The van der Waals surface area contributed by atoms with Crippen molar-refractivity contribution >= 4 is 15.2 Å². The van der Waals surface area contributed by atoms with Gasteiger partial charge in [-0.05, 0) is 13.8 Å². The second-order valence-electron chi connectivity index (χ2n) is 3.26. The molecule has 1 rings (SSSR count). The number of carbonyl (C=O) groups excluding carboxylic acids is 1. The van der Waals surface area contributed by atoms with Crippen LogP contribution in [0, 0.1) is 17.2 Å². The highest BCUT2D eigenvalue weighted by molar-refractivity contribution is 7.13. The Bertz CT molecular complexity index is 231. The molecule has 4 heteroatoms. The summed E-state index contributed by atoms with van der Waals surface area (Å²) in [5.41, 5.74) is -0.481. The van der Waals surface area contributed by atoms with Gasteiger partial charge in [0.2, 0.25) is 0 Å². The van der Waals surface area contributed by atoms with E-state index in [4.69, 9.17) is 5.26 Å². The third-order valence-electron chi connectivity index (χ3n) is 2.17. The molecule has 2 unspecified atom stereocenters. The summed E-state index contributed by atoms with van der Waals surface area (Å²) in [7, 11) is 2.48. The molecule has 0 amide bonds. The molecule has 2 atom stereocenters. The monoisotopic (exact) mass is 170 g/mol. The van der Waals surface area contributed by atoms with E-state index in [9.17, 15) is 4.79 Å². The number of nitriles is 1. The van der Waals surface area contributed by atoms with E-state index in [1.54, 1.807) is 0 Å². The lowest BCUT2D eigenvalue weighted by Gasteiger charge is -2.24. The molecule has 1 fully saturated rings. The Morgan fingerprint density at radius 1 is 1.82 bits per heavy atom. The maximum atomic E-state index is 11.4. The number of hydrogen-bond donors (Lipinski definition) is 0. The van der Waals surface area contributed by atoms with Crippen molar-refractivity contribution < 1.29 is 4.79 Å². The van der Waals surface area contributed by atoms with Crippen LogP contribution in [0.2, 0.25) is 0 Å². The Balaban J connectivity index is 2.91. The van der Waals surface area contributed by atoms with Gasteiger partial charge in [0.1, 0.15) is 5.92 Å². The van der Waals surface area contributed by atoms with Crippen molar-refractivity contribution in [3.05, 3.63) is 0 Å². The first-order chi connectivity index (χ1) is 5.00. The van der Waals surface area contributed by atoms with Crippen molar-refractivity contribution in [2.75, 3.05) is 6.54 Å². The van der Waals surface area contributed by atoms with E-state index in [-0.39, 0.29) is 5.78 Å². The van der Waals surface area contributed by atoms with E-state index in [1.165, 1.54) is 0 Å². The fourth-order valence-corrected chi connectivity index (χ4v) is 1.51. The fourth-order valence-electron chi connectivity index (χ4n) is 1.18. The molecule has 0 spiro atoms. The Hall–Kier alpha value is -0.450. The number of ketones is 1. The SMILES string of the molecule is CC1(C)C(=O)C(C#N)CN1P. The van der Waals surface area contributed by atoms with Crippen LogP contribution in [0.15, 0.2) is 0 Å². The lowest BCUT2D eigenvalue weighted by Crippen LogP contribution is -2.36. The second kappa shape index (κ2) is 2.55. The van der Waals surface area contributed by atoms with Crippen molar-refractivity contribution in [2.24, 2.45) is 5.92 Å². The van der Waals surface area contributed by atoms with Crippen molar-refractivity contribution in [2.45, 2.75) is 19.4 Å². The van der Waals surface area contributed by atoms with Gasteiger partial charge in [-0.25, -0.2) is 0 Å². The summed E-state index contributed by atoms with van der Waals surface area (Å²) >= 11 is 0. The molecule has 0 aromatic heterocycles. The van der Waals surface area contributed by atoms with E-state index in [1.807, 2.05) is 24.6 Å². The summed E-state index contributed by atoms with van der Waals surface area (Å²) < 4.78 is 1.84. The number of Topliss-reactive ketones (excluding diaryl/α,β-unsaturated/α-hetero) is 1. The third-order valence-corrected chi connectivity index (χ3v) is 3.03. The Labute approximate surface area is 68.6 Å². The predicted molar refractivity (Wildman–Crippen MR) is 44.6 cm³/mol. The molecule has 1 aliphatic heterocycles. The van der Waals surface area contributed by atoms with Crippen LogP contribution in [0.4, 0.5) is 0 Å². The molecule has 0 radical (unpaired) electrons. The van der Waals surface area contributed by atoms with Crippen LogP contribution >= 0.6 is 9.39 Å². The van der Waals surface area contributed by atoms with Crippen LogP contribution < -0.4 is 0 Å². The zero-order chi connectivity index (χ0) is 8.65. The lowest BCUT2D eigenvalue weighted by atomic mass is 9.96. The van der Waals surface area contributed by atoms with E-state index in [0.717, 1.165) is 0 Å². The van der Waals surface area contributed by atoms with Gasteiger partial charge in [-0.15, -0.1) is 0 Å². The topological polar surface area (TPSA) is 44.1 Å². The molecule has 0 aliphatic carbocycles. The maximum Gasteiger partial charge on any atom is 0.171 e. The van der Waals surface area contributed by atoms with Gasteiger partial charge in [0.25, 0.3) is 0 Å². The summed E-state index contributed by atoms with van der Waals surface area (Å²) in [6.07, 6.45) is 0. The van der Waals surface area contributed by atoms with Crippen LogP contribution in [0.1, 0.15) is 13.8 Å². The molecule has 1 saturated heterocycles. The largest absolute Gasteiger partial charge is 0.296 e. The molecule has 11 heavy (non-hydrogen) atoms. The molecule has 0 bridgehead atoms. The predicted octanol–water partition coefficient (Wildman–Crippen LogP) is 0.580. The zero-order valence-corrected chi connectivity index (χ0v) is 7.82. The van der Waals surface area contributed by atoms with Crippen LogP contribution in [0.3, 0.4) is 0 Å². The molecule has 0 N–H and O–H groups in total. The molecule has 1 heterocycles. The van der Waals surface area contributed by atoms with Crippen LogP contribution in [0.25, 0.3) is 0 Å². The highest BCUT2D eigenvalue weighted by Crippen LogP contribution is 2.31. The average Bonchev–Trinajstić information content (AvgIpc) is 2.14. The van der Waals surface area contributed by atoms with Crippen molar-refractivity contribution in [1.82, 2.24) is 4.67 Å². The summed E-state index contributed by atoms with van der Waals surface area (Å²) in [5, 5.41) is 8.58. The highest BCUT2D eigenvalue weighted by Gasteiger charge is 2.44. The lowest BCUT2D eigenvalue weighted by molar-refractivity contribution is -0.124. The number of carbonyl (C=O) groups is 1. The number of rotatable bonds is 0. The minimum atomic E-state index is -0.481. The third kappa shape index (κ3) is 1.17. The summed E-state index contributed by atoms with van der Waals surface area (Å²) in [4.78, 5) is 11.4. The van der Waals surface area contributed by atoms with E-state index in [2.05, 4.69) is 9.39 Å². The highest BCUT2D eigenvalue weighted by atomic mass is 31.0. The zero-order valence-electron chi connectivity index (χ0n) is 6.66. The molecule has 0 aromatic rings. The first-order valence-electron chi connectivity index (χ1n) is 3.46. The van der Waals surface area contributed by atoms with Gasteiger partial charge in [0.15, 0.2) is 5.78 Å². The normalized spacial score (nSPS) is 30.4. The Morgan fingerprint density at radius 3 is 2.55 bits per heavy atom. The van der Waals surface area contributed by atoms with Gasteiger partial charge in [-0.3, -0.25) is 9.46 Å². The smallest absolute Gasteiger partial charge is 0.171 e. The van der Waals surface area contributed by atoms with Gasteiger partial charge < -0.3 is 0 Å². The summed E-state index contributed by atoms with van der Waals surface area (Å²) in [6, 6.07) is 2.00. The van der Waals surface area contributed by atoms with E-state index < -0.39 is 11.5 Å². The second-order valence-corrected chi connectivity index (χ2v) is 3.88. The van der Waals surface area contributed by atoms with E-state index in [0.29, 0.717) is 6.54 Å². The minimum Gasteiger partial charge on any atom is -0.296 e. The van der Waals surface area contributed by atoms with Crippen LogP contribution in [0.5, 0.6) is 0 Å². The van der Waals surface area contributed by atoms with Crippen molar-refractivity contribution in [3.8, 4) is 6.07 Å². The molecule has 0 saturated carbocycles. The van der Waals surface area contributed by atoms with Crippen LogP contribution in [-0.2, 0) is 4.79 Å². The van der Waals surface area contributed by atoms with Crippen molar-refractivity contribution in [3.63, 3.8) is 0 Å². The Morgan fingerprint density at radius 2 is 2.36 bits per heavy atom. The van der Waals surface area contributed by atoms with Gasteiger partial charge in [-0.2, -0.15) is 5.26 Å². The Kier molecular flexibility index (Phi) is 2.00. The fraction of sp³-hybridized carbons (Fsp3) is 0.714. The first-order valence-corrected chi connectivity index (χ1v) is 3.98. The standard InChI is InChI=1S/C7H11N2OP/c1-7(2)6(10)5(3-8)4-9(7)11/h5H,4,11H2,1-2H3. The average molecular weight is 170 g/mol. The molecule has 0 aromatic carbocycles. The maximum absolute atomic E-state index is 11.4. The summed E-state index contributed by atoms with van der Waals surface area (Å²) in [5.74, 6) is -0.419. The summed E-state index contributed by atoms with van der Waals surface area (Å²) in [6.45, 7) is 4.20. The van der Waals surface area contributed by atoms with Gasteiger partial charge >= 0.3 is 0 Å². The van der Waals surface area contributed by atoms with Gasteiger partial charge in [-0.1, -0.05) is 9.39 Å². The van der Waals surface area contributed by atoms with Gasteiger partial charge in [0.05, 0.1) is 11.6 Å². The molecular weight excluding hydrogens is 159 g/mol. The minimum absolute atomic E-state index is 0.0231. The molecule has 3 nitrogen and oxygen atoms in total. The van der Waals surface area contributed by atoms with Crippen molar-refractivity contribution in [1.29, 1.82) is 5.26 Å². The van der Waals surface area contributed by atoms with Crippen LogP contribution in [-0.4, -0.2) is 22.5 Å². The van der Waals surface area contributed by atoms with E-state index >= 15 is 0 Å². The number of nitrogens with zero attached hydrogens (tertiary/aromatic N) is 2. The quantitative estimate of drug-likeness (QED) is 0.499. The number of hydrogen-bond acceptors (Lipinski definition) is 3. The molecule has 60 valence electrons. The molecule has 1 aliphatic rings.